The fraction of sp³-hybridized carbons (Fsp3) is 0.111. The molecule has 0 saturated carbocycles. The van der Waals surface area contributed by atoms with Crippen molar-refractivity contribution in [3.63, 3.8) is 0 Å². The number of aryl methyl sites for hydroxylation is 1. The average molecular weight is 212 g/mol. The Hall–Kier alpha value is -1.64. The summed E-state index contributed by atoms with van der Waals surface area (Å²) in [7, 11) is 0. The third-order valence-corrected chi connectivity index (χ3v) is 1.68. The van der Waals surface area contributed by atoms with E-state index in [1.165, 1.54) is 0 Å². The number of aromatic nitrogens is 1. The SMILES string of the molecule is Cc1ccc2nc(Cl)oc2c1.O=C=O. The summed E-state index contributed by atoms with van der Waals surface area (Å²) in [6.45, 7) is 2.00. The molecule has 1 heterocycles. The topological polar surface area (TPSA) is 60.2 Å². The zero-order valence-corrected chi connectivity index (χ0v) is 8.04. The quantitative estimate of drug-likeness (QED) is 0.670. The molecule has 0 spiro atoms. The van der Waals surface area contributed by atoms with Crippen LogP contribution in [0, 0.1) is 6.92 Å². The van der Waals surface area contributed by atoms with Gasteiger partial charge in [-0.3, -0.25) is 0 Å². The molecule has 0 aliphatic rings. The molecule has 0 unspecified atom stereocenters. The molecule has 0 bridgehead atoms. The van der Waals surface area contributed by atoms with E-state index < -0.39 is 0 Å². The first-order chi connectivity index (χ1) is 6.67. The monoisotopic (exact) mass is 211 g/mol. The molecule has 1 aromatic carbocycles. The number of carbonyl (C=O) groups excluding carboxylic acids is 2. The summed E-state index contributed by atoms with van der Waals surface area (Å²) in [4.78, 5) is 20.2. The van der Waals surface area contributed by atoms with Crippen LogP contribution in [0.25, 0.3) is 11.1 Å². The predicted molar refractivity (Wildman–Crippen MR) is 48.8 cm³/mol. The first-order valence-electron chi connectivity index (χ1n) is 3.69. The molecule has 0 aliphatic heterocycles. The van der Waals surface area contributed by atoms with Crippen LogP contribution in [0.15, 0.2) is 22.6 Å². The van der Waals surface area contributed by atoms with Crippen molar-refractivity contribution in [1.82, 2.24) is 4.98 Å². The Balaban J connectivity index is 0.000000293. The van der Waals surface area contributed by atoms with Crippen LogP contribution in [0.4, 0.5) is 0 Å². The molecule has 5 heteroatoms. The lowest BCUT2D eigenvalue weighted by Crippen LogP contribution is -1.69. The normalized spacial score (nSPS) is 9.00. The smallest absolute Gasteiger partial charge is 0.373 e. The molecular formula is C9H6ClNO3. The van der Waals surface area contributed by atoms with E-state index in [-0.39, 0.29) is 11.5 Å². The largest absolute Gasteiger partial charge is 0.428 e. The fourth-order valence-electron chi connectivity index (χ4n) is 1.00. The van der Waals surface area contributed by atoms with Gasteiger partial charge in [-0.15, -0.1) is 0 Å². The van der Waals surface area contributed by atoms with Crippen LogP contribution < -0.4 is 0 Å². The fourth-order valence-corrected chi connectivity index (χ4v) is 1.18. The standard InChI is InChI=1S/C8H6ClNO.CO2/c1-5-2-3-6-7(4-5)11-8(9)10-6;2-1-3/h2-4H,1H3;. The van der Waals surface area contributed by atoms with Gasteiger partial charge >= 0.3 is 6.15 Å². The molecular weight excluding hydrogens is 206 g/mol. The highest BCUT2D eigenvalue weighted by atomic mass is 35.5. The van der Waals surface area contributed by atoms with Gasteiger partial charge in [0, 0.05) is 0 Å². The summed E-state index contributed by atoms with van der Waals surface area (Å²) in [5.74, 6) is 0. The highest BCUT2D eigenvalue weighted by Crippen LogP contribution is 2.19. The van der Waals surface area contributed by atoms with Crippen molar-refractivity contribution in [3.8, 4) is 0 Å². The molecule has 0 radical (unpaired) electrons. The molecule has 72 valence electrons. The second kappa shape index (κ2) is 4.56. The molecule has 2 rings (SSSR count). The molecule has 0 amide bonds. The first kappa shape index (κ1) is 10.4. The first-order valence-corrected chi connectivity index (χ1v) is 4.07. The number of hydrogen-bond acceptors (Lipinski definition) is 4. The minimum atomic E-state index is 0.200. The van der Waals surface area contributed by atoms with E-state index in [1.54, 1.807) is 0 Å². The minimum Gasteiger partial charge on any atom is -0.428 e. The zero-order valence-electron chi connectivity index (χ0n) is 7.28. The van der Waals surface area contributed by atoms with E-state index in [2.05, 4.69) is 4.98 Å². The Kier molecular flexibility index (Phi) is 3.40. The summed E-state index contributed by atoms with van der Waals surface area (Å²) in [5.41, 5.74) is 2.70. The molecule has 0 atom stereocenters. The zero-order chi connectivity index (χ0) is 10.6. The summed E-state index contributed by atoms with van der Waals surface area (Å²) in [6.07, 6.45) is 0.250. The Morgan fingerprint density at radius 1 is 1.43 bits per heavy atom. The highest BCUT2D eigenvalue weighted by molar-refractivity contribution is 6.28. The van der Waals surface area contributed by atoms with Crippen LogP contribution in [0.5, 0.6) is 0 Å². The van der Waals surface area contributed by atoms with Crippen LogP contribution >= 0.6 is 11.6 Å². The molecule has 0 N–H and O–H groups in total. The summed E-state index contributed by atoms with van der Waals surface area (Å²) >= 11 is 5.56. The number of rotatable bonds is 0. The third kappa shape index (κ3) is 2.42. The van der Waals surface area contributed by atoms with Crippen molar-refractivity contribution in [2.75, 3.05) is 0 Å². The lowest BCUT2D eigenvalue weighted by atomic mass is 10.2. The minimum absolute atomic E-state index is 0.200. The molecule has 1 aromatic heterocycles. The molecule has 2 aromatic rings. The van der Waals surface area contributed by atoms with Crippen molar-refractivity contribution >= 4 is 28.9 Å². The number of hydrogen-bond donors (Lipinski definition) is 0. The number of nitrogens with zero attached hydrogens (tertiary/aromatic N) is 1. The van der Waals surface area contributed by atoms with Gasteiger partial charge in [0.15, 0.2) is 5.58 Å². The van der Waals surface area contributed by atoms with Gasteiger partial charge in [0.25, 0.3) is 5.35 Å². The Labute approximate surface area is 84.5 Å². The van der Waals surface area contributed by atoms with Gasteiger partial charge in [-0.05, 0) is 36.2 Å². The van der Waals surface area contributed by atoms with Crippen molar-refractivity contribution in [1.29, 1.82) is 0 Å². The van der Waals surface area contributed by atoms with E-state index in [0.717, 1.165) is 16.7 Å². The number of fused-ring (bicyclic) bond motifs is 1. The van der Waals surface area contributed by atoms with E-state index in [9.17, 15) is 0 Å². The van der Waals surface area contributed by atoms with Crippen LogP contribution in [0.2, 0.25) is 5.35 Å². The van der Waals surface area contributed by atoms with Crippen LogP contribution in [0.1, 0.15) is 5.56 Å². The Bertz CT molecular complexity index is 472. The predicted octanol–water partition coefficient (Wildman–Crippen LogP) is 2.21. The Morgan fingerprint density at radius 3 is 2.71 bits per heavy atom. The number of benzene rings is 1. The summed E-state index contributed by atoms with van der Waals surface area (Å²) in [5, 5.41) is 0.200. The van der Waals surface area contributed by atoms with Crippen LogP contribution in [-0.4, -0.2) is 11.1 Å². The third-order valence-electron chi connectivity index (χ3n) is 1.52. The van der Waals surface area contributed by atoms with Gasteiger partial charge in [0.05, 0.1) is 0 Å². The molecule has 0 fully saturated rings. The van der Waals surface area contributed by atoms with Crippen molar-refractivity contribution < 1.29 is 14.0 Å². The summed E-state index contributed by atoms with van der Waals surface area (Å²) in [6, 6.07) is 5.77. The van der Waals surface area contributed by atoms with E-state index in [0.29, 0.717) is 0 Å². The maximum Gasteiger partial charge on any atom is 0.373 e. The lowest BCUT2D eigenvalue weighted by molar-refractivity contribution is -0.191. The van der Waals surface area contributed by atoms with Gasteiger partial charge in [0.1, 0.15) is 5.52 Å². The number of halogens is 1. The number of oxazole rings is 1. The van der Waals surface area contributed by atoms with Gasteiger partial charge in [-0.1, -0.05) is 6.07 Å². The molecule has 4 nitrogen and oxygen atoms in total. The van der Waals surface area contributed by atoms with Crippen LogP contribution in [-0.2, 0) is 9.59 Å². The average Bonchev–Trinajstić information content (AvgIpc) is 2.45. The molecule has 0 aliphatic carbocycles. The van der Waals surface area contributed by atoms with Crippen LogP contribution in [0.3, 0.4) is 0 Å². The van der Waals surface area contributed by atoms with E-state index in [1.807, 2.05) is 25.1 Å². The van der Waals surface area contributed by atoms with Gasteiger partial charge in [-0.25, -0.2) is 0 Å². The van der Waals surface area contributed by atoms with Crippen molar-refractivity contribution in [2.45, 2.75) is 6.92 Å². The van der Waals surface area contributed by atoms with Gasteiger partial charge in [-0.2, -0.15) is 14.6 Å². The molecule has 14 heavy (non-hydrogen) atoms. The van der Waals surface area contributed by atoms with Crippen molar-refractivity contribution in [2.24, 2.45) is 0 Å². The van der Waals surface area contributed by atoms with Crippen molar-refractivity contribution in [3.05, 3.63) is 29.1 Å². The van der Waals surface area contributed by atoms with E-state index >= 15 is 0 Å². The lowest BCUT2D eigenvalue weighted by Gasteiger charge is -1.87. The second-order valence-electron chi connectivity index (χ2n) is 2.52. The van der Waals surface area contributed by atoms with E-state index in [4.69, 9.17) is 25.6 Å². The molecule has 0 saturated heterocycles. The maximum absolute atomic E-state index is 8.12. The van der Waals surface area contributed by atoms with Gasteiger partial charge in [0.2, 0.25) is 0 Å². The summed E-state index contributed by atoms with van der Waals surface area (Å²) < 4.78 is 5.10. The highest BCUT2D eigenvalue weighted by Gasteiger charge is 2.01. The Morgan fingerprint density at radius 2 is 2.07 bits per heavy atom. The maximum atomic E-state index is 8.12. The second-order valence-corrected chi connectivity index (χ2v) is 2.84. The van der Waals surface area contributed by atoms with Gasteiger partial charge < -0.3 is 4.42 Å².